The summed E-state index contributed by atoms with van der Waals surface area (Å²) >= 11 is 0. The Morgan fingerprint density at radius 1 is 1.14 bits per heavy atom. The van der Waals surface area contributed by atoms with E-state index in [4.69, 9.17) is 9.73 Å². The van der Waals surface area contributed by atoms with Crippen molar-refractivity contribution in [3.05, 3.63) is 42.0 Å². The molecule has 0 aromatic heterocycles. The number of nitrogens with one attached hydrogen (secondary N) is 2. The van der Waals surface area contributed by atoms with Gasteiger partial charge < -0.3 is 25.2 Å². The lowest BCUT2D eigenvalue weighted by atomic mass is 10.1. The smallest absolute Gasteiger partial charge is 0.191 e. The third kappa shape index (κ3) is 6.24. The van der Waals surface area contributed by atoms with Crippen LogP contribution in [0.4, 0.5) is 5.69 Å². The summed E-state index contributed by atoms with van der Waals surface area (Å²) in [6, 6.07) is 9.27. The van der Waals surface area contributed by atoms with Gasteiger partial charge in [0.05, 0.1) is 13.2 Å². The second-order valence-electron chi connectivity index (χ2n) is 7.49. The highest BCUT2D eigenvalue weighted by Gasteiger charge is 2.19. The summed E-state index contributed by atoms with van der Waals surface area (Å²) in [7, 11) is 1.77. The van der Waals surface area contributed by atoms with E-state index < -0.39 is 0 Å². The maximum Gasteiger partial charge on any atom is 0.191 e. The van der Waals surface area contributed by atoms with Gasteiger partial charge in [-0.05, 0) is 37.5 Å². The number of benzene rings is 1. The Bertz CT molecular complexity index is 627. The fourth-order valence-corrected chi connectivity index (χ4v) is 3.71. The van der Waals surface area contributed by atoms with Gasteiger partial charge in [-0.3, -0.25) is 0 Å². The molecular formula is C22H35N5O. The van der Waals surface area contributed by atoms with Crippen LogP contribution in [0.5, 0.6) is 0 Å². The number of likely N-dealkylation sites (tertiary alicyclic amines) is 1. The van der Waals surface area contributed by atoms with Gasteiger partial charge in [0.25, 0.3) is 0 Å². The van der Waals surface area contributed by atoms with Crippen LogP contribution < -0.4 is 15.5 Å². The zero-order valence-electron chi connectivity index (χ0n) is 17.4. The quantitative estimate of drug-likeness (QED) is 0.408. The summed E-state index contributed by atoms with van der Waals surface area (Å²) in [5, 5.41) is 7.01. The third-order valence-electron chi connectivity index (χ3n) is 5.42. The number of rotatable bonds is 8. The van der Waals surface area contributed by atoms with Gasteiger partial charge in [0, 0.05) is 58.1 Å². The molecule has 0 unspecified atom stereocenters. The first-order valence-electron chi connectivity index (χ1n) is 10.5. The molecule has 0 aliphatic carbocycles. The third-order valence-corrected chi connectivity index (χ3v) is 5.42. The molecule has 0 amide bonds. The molecule has 0 spiro atoms. The van der Waals surface area contributed by atoms with E-state index in [0.29, 0.717) is 12.6 Å². The van der Waals surface area contributed by atoms with E-state index in [-0.39, 0.29) is 0 Å². The minimum Gasteiger partial charge on any atom is -0.383 e. The van der Waals surface area contributed by atoms with Crippen molar-refractivity contribution in [2.75, 3.05) is 57.9 Å². The lowest BCUT2D eigenvalue weighted by Gasteiger charge is -2.32. The molecule has 0 atom stereocenters. The van der Waals surface area contributed by atoms with E-state index in [1.165, 1.54) is 11.3 Å². The summed E-state index contributed by atoms with van der Waals surface area (Å²) in [4.78, 5) is 9.64. The molecule has 0 radical (unpaired) electrons. The maximum absolute atomic E-state index is 5.19. The van der Waals surface area contributed by atoms with Crippen LogP contribution in [0.1, 0.15) is 25.3 Å². The Hall–Kier alpha value is -2.05. The van der Waals surface area contributed by atoms with Crippen LogP contribution in [0, 0.1) is 0 Å². The van der Waals surface area contributed by atoms with Gasteiger partial charge in [0.1, 0.15) is 0 Å². The van der Waals surface area contributed by atoms with Gasteiger partial charge in [-0.2, -0.15) is 0 Å². The minimum absolute atomic E-state index is 0.488. The molecule has 154 valence electrons. The molecule has 6 heteroatoms. The van der Waals surface area contributed by atoms with E-state index in [1.807, 2.05) is 0 Å². The molecule has 3 rings (SSSR count). The van der Waals surface area contributed by atoms with Crippen LogP contribution in [0.2, 0.25) is 0 Å². The summed E-state index contributed by atoms with van der Waals surface area (Å²) in [5.41, 5.74) is 2.52. The van der Waals surface area contributed by atoms with Gasteiger partial charge in [-0.1, -0.05) is 24.3 Å². The lowest BCUT2D eigenvalue weighted by molar-refractivity contribution is 0.128. The predicted octanol–water partition coefficient (Wildman–Crippen LogP) is 2.23. The number of hydrogen-bond donors (Lipinski definition) is 2. The molecule has 1 aromatic carbocycles. The standard InChI is InChI=1S/C22H35N5O/c1-3-23-22(25-20-10-14-26(15-11-20)16-17-28-2)24-18-19-6-8-21(9-7-19)27-12-4-5-13-27/h4-9,20H,3,10-18H2,1-2H3,(H2,23,24,25). The average Bonchev–Trinajstić information content (AvgIpc) is 3.27. The second-order valence-corrected chi connectivity index (χ2v) is 7.49. The van der Waals surface area contributed by atoms with E-state index >= 15 is 0 Å². The Balaban J connectivity index is 1.48. The van der Waals surface area contributed by atoms with Crippen molar-refractivity contribution < 1.29 is 4.74 Å². The number of piperidine rings is 1. The first kappa shape index (κ1) is 20.7. The van der Waals surface area contributed by atoms with Crippen LogP contribution in [-0.4, -0.2) is 69.9 Å². The molecular weight excluding hydrogens is 350 g/mol. The van der Waals surface area contributed by atoms with Crippen LogP contribution in [0.25, 0.3) is 0 Å². The number of aliphatic imine (C=N–C) groups is 1. The maximum atomic E-state index is 5.19. The number of ether oxygens (including phenoxy) is 1. The normalized spacial score (nSPS) is 18.6. The first-order chi connectivity index (χ1) is 13.8. The first-order valence-corrected chi connectivity index (χ1v) is 10.5. The van der Waals surface area contributed by atoms with E-state index in [9.17, 15) is 0 Å². The number of hydrogen-bond acceptors (Lipinski definition) is 4. The van der Waals surface area contributed by atoms with Crippen molar-refractivity contribution in [2.24, 2.45) is 4.99 Å². The van der Waals surface area contributed by atoms with Crippen LogP contribution in [0.3, 0.4) is 0 Å². The van der Waals surface area contributed by atoms with E-state index in [0.717, 1.165) is 64.7 Å². The SMILES string of the molecule is CCNC(=NCc1ccc(N2CC=CC2)cc1)NC1CCN(CCOC)CC1. The van der Waals surface area contributed by atoms with Gasteiger partial charge in [0.15, 0.2) is 5.96 Å². The monoisotopic (exact) mass is 385 g/mol. The Kier molecular flexibility index (Phi) is 8.18. The summed E-state index contributed by atoms with van der Waals surface area (Å²) < 4.78 is 5.19. The fourth-order valence-electron chi connectivity index (χ4n) is 3.71. The molecule has 2 N–H and O–H groups in total. The molecule has 28 heavy (non-hydrogen) atoms. The summed E-state index contributed by atoms with van der Waals surface area (Å²) in [6.45, 7) is 9.78. The number of anilines is 1. The van der Waals surface area contributed by atoms with Gasteiger partial charge in [0.2, 0.25) is 0 Å². The zero-order chi connectivity index (χ0) is 19.6. The van der Waals surface area contributed by atoms with Gasteiger partial charge in [-0.15, -0.1) is 0 Å². The van der Waals surface area contributed by atoms with Crippen molar-refractivity contribution in [3.63, 3.8) is 0 Å². The molecule has 1 saturated heterocycles. The highest BCUT2D eigenvalue weighted by Crippen LogP contribution is 2.18. The fraction of sp³-hybridized carbons (Fsp3) is 0.591. The number of guanidine groups is 1. The van der Waals surface area contributed by atoms with Gasteiger partial charge >= 0.3 is 0 Å². The molecule has 1 aromatic rings. The van der Waals surface area contributed by atoms with E-state index in [2.05, 4.69) is 63.8 Å². The summed E-state index contributed by atoms with van der Waals surface area (Å²) in [6.07, 6.45) is 6.72. The van der Waals surface area contributed by atoms with Crippen molar-refractivity contribution >= 4 is 11.6 Å². The molecule has 2 heterocycles. The molecule has 0 bridgehead atoms. The van der Waals surface area contributed by atoms with Crippen molar-refractivity contribution in [1.82, 2.24) is 15.5 Å². The van der Waals surface area contributed by atoms with Crippen molar-refractivity contribution in [3.8, 4) is 0 Å². The second kappa shape index (κ2) is 11.1. The Morgan fingerprint density at radius 2 is 1.86 bits per heavy atom. The molecule has 6 nitrogen and oxygen atoms in total. The predicted molar refractivity (Wildman–Crippen MR) is 117 cm³/mol. The summed E-state index contributed by atoms with van der Waals surface area (Å²) in [5.74, 6) is 0.922. The number of nitrogens with zero attached hydrogens (tertiary/aromatic N) is 3. The van der Waals surface area contributed by atoms with Crippen molar-refractivity contribution in [1.29, 1.82) is 0 Å². The Labute approximate surface area is 169 Å². The largest absolute Gasteiger partial charge is 0.383 e. The highest BCUT2D eigenvalue weighted by molar-refractivity contribution is 5.80. The van der Waals surface area contributed by atoms with Crippen LogP contribution >= 0.6 is 0 Å². The molecule has 2 aliphatic rings. The minimum atomic E-state index is 0.488. The Morgan fingerprint density at radius 3 is 2.50 bits per heavy atom. The van der Waals surface area contributed by atoms with Gasteiger partial charge in [-0.25, -0.2) is 4.99 Å². The molecule has 1 fully saturated rings. The average molecular weight is 386 g/mol. The van der Waals surface area contributed by atoms with E-state index in [1.54, 1.807) is 7.11 Å². The zero-order valence-corrected chi connectivity index (χ0v) is 17.4. The highest BCUT2D eigenvalue weighted by atomic mass is 16.5. The van der Waals surface area contributed by atoms with Crippen LogP contribution in [0.15, 0.2) is 41.4 Å². The molecule has 0 saturated carbocycles. The molecule has 2 aliphatic heterocycles. The van der Waals surface area contributed by atoms with Crippen LogP contribution in [-0.2, 0) is 11.3 Å². The topological polar surface area (TPSA) is 52.1 Å². The lowest BCUT2D eigenvalue weighted by Crippen LogP contribution is -2.49. The van der Waals surface area contributed by atoms with Crippen molar-refractivity contribution in [2.45, 2.75) is 32.4 Å². The number of methoxy groups -OCH3 is 1.